The maximum Gasteiger partial charge on any atom is 0.416 e. The summed E-state index contributed by atoms with van der Waals surface area (Å²) in [6.07, 6.45) is -4.44. The fourth-order valence-corrected chi connectivity index (χ4v) is 1.55. The number of carbonyl (C=O) groups is 1. The molecule has 0 aliphatic carbocycles. The molecule has 3 nitrogen and oxygen atoms in total. The molecule has 0 saturated carbocycles. The maximum absolute atomic E-state index is 12.5. The number of nitrogens with zero attached hydrogens (tertiary/aromatic N) is 1. The van der Waals surface area contributed by atoms with E-state index in [9.17, 15) is 18.0 Å². The Hall–Kier alpha value is -1.24. The Kier molecular flexibility index (Phi) is 4.03. The first kappa shape index (κ1) is 13.8. The molecule has 0 bridgehead atoms. The molecule has 0 atom stereocenters. The van der Waals surface area contributed by atoms with Crippen molar-refractivity contribution in [1.82, 2.24) is 4.90 Å². The number of alkyl halides is 3. The Bertz CT molecular complexity index is 432. The fourth-order valence-electron chi connectivity index (χ4n) is 1.06. The number of anilines is 1. The molecule has 2 amide bonds. The van der Waals surface area contributed by atoms with E-state index in [0.717, 1.165) is 12.1 Å². The van der Waals surface area contributed by atoms with Crippen LogP contribution in [-0.4, -0.2) is 25.0 Å². The summed E-state index contributed by atoms with van der Waals surface area (Å²) in [7, 11) is 3.00. The standard InChI is InChI=1S/C10H10BrF3N2O/c1-16(2)9(17)15-8-4-6(10(12,13)14)3-7(11)5-8/h3-5H,1-2H3,(H,15,17). The largest absolute Gasteiger partial charge is 0.416 e. The molecular weight excluding hydrogens is 301 g/mol. The first-order chi connectivity index (χ1) is 7.70. The van der Waals surface area contributed by atoms with E-state index in [2.05, 4.69) is 21.2 Å². The minimum atomic E-state index is -4.44. The number of hydrogen-bond donors (Lipinski definition) is 1. The van der Waals surface area contributed by atoms with Crippen LogP contribution in [0.1, 0.15) is 5.56 Å². The smallest absolute Gasteiger partial charge is 0.331 e. The van der Waals surface area contributed by atoms with Gasteiger partial charge in [-0.2, -0.15) is 13.2 Å². The van der Waals surface area contributed by atoms with E-state index < -0.39 is 17.8 Å². The lowest BCUT2D eigenvalue weighted by atomic mass is 10.2. The van der Waals surface area contributed by atoms with Crippen LogP contribution in [0.3, 0.4) is 0 Å². The Morgan fingerprint density at radius 3 is 2.35 bits per heavy atom. The maximum atomic E-state index is 12.5. The highest BCUT2D eigenvalue weighted by Gasteiger charge is 2.31. The van der Waals surface area contributed by atoms with Gasteiger partial charge in [-0.25, -0.2) is 4.79 Å². The van der Waals surface area contributed by atoms with Gasteiger partial charge in [0.1, 0.15) is 0 Å². The second kappa shape index (κ2) is 4.95. The third-order valence-electron chi connectivity index (χ3n) is 1.88. The van der Waals surface area contributed by atoms with Gasteiger partial charge in [-0.15, -0.1) is 0 Å². The number of nitrogens with one attached hydrogen (secondary N) is 1. The number of halogens is 4. The molecular formula is C10H10BrF3N2O. The Morgan fingerprint density at radius 2 is 1.88 bits per heavy atom. The third kappa shape index (κ3) is 3.92. The van der Waals surface area contributed by atoms with E-state index >= 15 is 0 Å². The first-order valence-corrected chi connectivity index (χ1v) is 5.35. The van der Waals surface area contributed by atoms with Gasteiger partial charge in [-0.1, -0.05) is 15.9 Å². The number of urea groups is 1. The van der Waals surface area contributed by atoms with Crippen molar-refractivity contribution in [3.8, 4) is 0 Å². The number of benzene rings is 1. The highest BCUT2D eigenvalue weighted by Crippen LogP contribution is 2.33. The molecule has 0 aliphatic heterocycles. The van der Waals surface area contributed by atoms with Crippen LogP contribution in [0, 0.1) is 0 Å². The molecule has 0 spiro atoms. The van der Waals surface area contributed by atoms with Crippen molar-refractivity contribution in [1.29, 1.82) is 0 Å². The molecule has 94 valence electrons. The zero-order valence-corrected chi connectivity index (χ0v) is 10.7. The summed E-state index contributed by atoms with van der Waals surface area (Å²) in [6.45, 7) is 0. The van der Waals surface area contributed by atoms with Crippen LogP contribution in [0.4, 0.5) is 23.7 Å². The molecule has 0 aliphatic rings. The van der Waals surface area contributed by atoms with E-state index in [4.69, 9.17) is 0 Å². The van der Waals surface area contributed by atoms with Crippen LogP contribution >= 0.6 is 15.9 Å². The number of carbonyl (C=O) groups excluding carboxylic acids is 1. The Labute approximate surface area is 105 Å². The zero-order chi connectivity index (χ0) is 13.2. The third-order valence-corrected chi connectivity index (χ3v) is 2.34. The minimum Gasteiger partial charge on any atom is -0.331 e. The fraction of sp³-hybridized carbons (Fsp3) is 0.300. The molecule has 0 fully saturated rings. The van der Waals surface area contributed by atoms with Crippen LogP contribution in [-0.2, 0) is 6.18 Å². The van der Waals surface area contributed by atoms with Crippen LogP contribution in [0.15, 0.2) is 22.7 Å². The molecule has 1 rings (SSSR count). The van der Waals surface area contributed by atoms with Crippen molar-refractivity contribution in [2.45, 2.75) is 6.18 Å². The highest BCUT2D eigenvalue weighted by atomic mass is 79.9. The van der Waals surface area contributed by atoms with Crippen LogP contribution in [0.25, 0.3) is 0 Å². The number of hydrogen-bond acceptors (Lipinski definition) is 1. The molecule has 0 radical (unpaired) electrons. The van der Waals surface area contributed by atoms with E-state index in [1.54, 1.807) is 0 Å². The molecule has 17 heavy (non-hydrogen) atoms. The van der Waals surface area contributed by atoms with E-state index in [1.807, 2.05) is 0 Å². The van der Waals surface area contributed by atoms with Gasteiger partial charge in [0.2, 0.25) is 0 Å². The molecule has 0 unspecified atom stereocenters. The highest BCUT2D eigenvalue weighted by molar-refractivity contribution is 9.10. The van der Waals surface area contributed by atoms with Crippen molar-refractivity contribution >= 4 is 27.6 Å². The molecule has 1 aromatic carbocycles. The summed E-state index contributed by atoms with van der Waals surface area (Å²) in [6, 6.07) is 2.74. The lowest BCUT2D eigenvalue weighted by molar-refractivity contribution is -0.137. The SMILES string of the molecule is CN(C)C(=O)Nc1cc(Br)cc(C(F)(F)F)c1. The molecule has 0 saturated heterocycles. The average Bonchev–Trinajstić information content (AvgIpc) is 2.15. The normalized spacial score (nSPS) is 11.2. The lowest BCUT2D eigenvalue weighted by Crippen LogP contribution is -2.27. The van der Waals surface area contributed by atoms with Crippen molar-refractivity contribution in [3.05, 3.63) is 28.2 Å². The minimum absolute atomic E-state index is 0.0883. The van der Waals surface area contributed by atoms with Crippen LogP contribution in [0.2, 0.25) is 0 Å². The van der Waals surface area contributed by atoms with Crippen molar-refractivity contribution in [3.63, 3.8) is 0 Å². The predicted octanol–water partition coefficient (Wildman–Crippen LogP) is 3.56. The number of rotatable bonds is 1. The predicted molar refractivity (Wildman–Crippen MR) is 61.8 cm³/mol. The topological polar surface area (TPSA) is 32.3 Å². The Balaban J connectivity index is 3.02. The molecule has 0 heterocycles. The molecule has 1 aromatic rings. The van der Waals surface area contributed by atoms with Gasteiger partial charge >= 0.3 is 12.2 Å². The van der Waals surface area contributed by atoms with Crippen molar-refractivity contribution < 1.29 is 18.0 Å². The van der Waals surface area contributed by atoms with Crippen LogP contribution in [0.5, 0.6) is 0 Å². The summed E-state index contributed by atoms with van der Waals surface area (Å²) < 4.78 is 37.8. The van der Waals surface area contributed by atoms with Gasteiger partial charge < -0.3 is 10.2 Å². The summed E-state index contributed by atoms with van der Waals surface area (Å²) in [5.41, 5.74) is -0.730. The van der Waals surface area contributed by atoms with Gasteiger partial charge in [0.25, 0.3) is 0 Å². The van der Waals surface area contributed by atoms with Gasteiger partial charge in [0.05, 0.1) is 5.56 Å². The number of amides is 2. The van der Waals surface area contributed by atoms with Crippen molar-refractivity contribution in [2.24, 2.45) is 0 Å². The zero-order valence-electron chi connectivity index (χ0n) is 9.10. The van der Waals surface area contributed by atoms with E-state index in [0.29, 0.717) is 0 Å². The second-order valence-corrected chi connectivity index (χ2v) is 4.47. The lowest BCUT2D eigenvalue weighted by Gasteiger charge is -2.14. The quantitative estimate of drug-likeness (QED) is 0.845. The monoisotopic (exact) mass is 310 g/mol. The van der Waals surface area contributed by atoms with Gasteiger partial charge in [-0.3, -0.25) is 0 Å². The van der Waals surface area contributed by atoms with E-state index in [1.165, 1.54) is 25.1 Å². The van der Waals surface area contributed by atoms with Gasteiger partial charge in [0, 0.05) is 24.3 Å². The van der Waals surface area contributed by atoms with Crippen molar-refractivity contribution in [2.75, 3.05) is 19.4 Å². The summed E-state index contributed by atoms with van der Waals surface area (Å²) in [5, 5.41) is 2.35. The van der Waals surface area contributed by atoms with Gasteiger partial charge in [0.15, 0.2) is 0 Å². The molecule has 1 N–H and O–H groups in total. The van der Waals surface area contributed by atoms with Gasteiger partial charge in [-0.05, 0) is 18.2 Å². The summed E-state index contributed by atoms with van der Waals surface area (Å²) in [4.78, 5) is 12.5. The van der Waals surface area contributed by atoms with E-state index in [-0.39, 0.29) is 10.2 Å². The molecule has 7 heteroatoms. The second-order valence-electron chi connectivity index (χ2n) is 3.55. The molecule has 0 aromatic heterocycles. The summed E-state index contributed by atoms with van der Waals surface area (Å²) >= 11 is 2.97. The Morgan fingerprint density at radius 1 is 1.29 bits per heavy atom. The van der Waals surface area contributed by atoms with Crippen LogP contribution < -0.4 is 5.32 Å². The average molecular weight is 311 g/mol. The first-order valence-electron chi connectivity index (χ1n) is 4.56. The summed E-state index contributed by atoms with van der Waals surface area (Å²) in [5.74, 6) is 0.